The number of rotatable bonds is 9. The molecule has 46 heavy (non-hydrogen) atoms. The second-order valence-electron chi connectivity index (χ2n) is 11.6. The Morgan fingerprint density at radius 1 is 0.848 bits per heavy atom. The topological polar surface area (TPSA) is 128 Å². The predicted octanol–water partition coefficient (Wildman–Crippen LogP) is 7.57. The lowest BCUT2D eigenvalue weighted by Crippen LogP contribution is -2.21. The number of methoxy groups -OCH3 is 1. The highest BCUT2D eigenvalue weighted by Gasteiger charge is 2.22. The molecule has 6 rings (SSSR count). The van der Waals surface area contributed by atoms with Crippen LogP contribution in [0.4, 0.5) is 22.1 Å². The number of nitrogens with zero attached hydrogens (tertiary/aromatic N) is 5. The van der Waals surface area contributed by atoms with E-state index in [1.807, 2.05) is 72.8 Å². The molecule has 0 aliphatic carbocycles. The molecule has 2 heterocycles. The van der Waals surface area contributed by atoms with Crippen molar-refractivity contribution in [2.45, 2.75) is 32.7 Å². The van der Waals surface area contributed by atoms with Crippen LogP contribution in [0.15, 0.2) is 104 Å². The smallest absolute Gasteiger partial charge is 0.323 e. The lowest BCUT2D eigenvalue weighted by molar-refractivity contribution is 0.262. The van der Waals surface area contributed by atoms with Crippen LogP contribution in [0, 0.1) is 0 Å². The molecule has 11 nitrogen and oxygen atoms in total. The van der Waals surface area contributed by atoms with Gasteiger partial charge in [0.25, 0.3) is 0 Å². The molecule has 0 unspecified atom stereocenters. The molecule has 2 aromatic heterocycles. The largest absolute Gasteiger partial charge is 0.492 e. The van der Waals surface area contributed by atoms with Crippen molar-refractivity contribution in [1.82, 2.24) is 24.7 Å². The minimum atomic E-state index is -0.428. The Hall–Kier alpha value is -5.97. The quantitative estimate of drug-likeness (QED) is 0.152. The molecule has 0 spiro atoms. The van der Waals surface area contributed by atoms with E-state index < -0.39 is 6.03 Å². The Kier molecular flexibility index (Phi) is 8.46. The van der Waals surface area contributed by atoms with Gasteiger partial charge in [0.05, 0.1) is 24.2 Å². The summed E-state index contributed by atoms with van der Waals surface area (Å²) in [6.07, 6.45) is 4.83. The van der Waals surface area contributed by atoms with Gasteiger partial charge in [-0.05, 0) is 40.8 Å². The molecule has 0 radical (unpaired) electrons. The van der Waals surface area contributed by atoms with Gasteiger partial charge < -0.3 is 25.4 Å². The van der Waals surface area contributed by atoms with Crippen molar-refractivity contribution in [3.8, 4) is 23.1 Å². The highest BCUT2D eigenvalue weighted by molar-refractivity contribution is 6.08. The summed E-state index contributed by atoms with van der Waals surface area (Å²) in [6, 6.07) is 26.5. The number of hydrogen-bond donors (Lipinski definition) is 3. The highest BCUT2D eigenvalue weighted by Crippen LogP contribution is 2.38. The summed E-state index contributed by atoms with van der Waals surface area (Å²) in [6.45, 7) is 6.90. The lowest BCUT2D eigenvalue weighted by Gasteiger charge is -2.24. The Morgan fingerprint density at radius 2 is 1.57 bits per heavy atom. The lowest BCUT2D eigenvalue weighted by atomic mass is 9.86. The van der Waals surface area contributed by atoms with Crippen molar-refractivity contribution in [3.05, 3.63) is 115 Å². The summed E-state index contributed by atoms with van der Waals surface area (Å²) in [7, 11) is 1.56. The van der Waals surface area contributed by atoms with Crippen LogP contribution in [-0.2, 0) is 12.0 Å². The first-order chi connectivity index (χ1) is 22.3. The molecule has 0 saturated carbocycles. The van der Waals surface area contributed by atoms with Crippen molar-refractivity contribution < 1.29 is 14.3 Å². The Labute approximate surface area is 266 Å². The van der Waals surface area contributed by atoms with Crippen LogP contribution >= 0.6 is 0 Å². The van der Waals surface area contributed by atoms with Crippen molar-refractivity contribution in [2.24, 2.45) is 0 Å². The number of amides is 2. The normalized spacial score (nSPS) is 11.2. The van der Waals surface area contributed by atoms with E-state index in [-0.39, 0.29) is 5.41 Å². The van der Waals surface area contributed by atoms with Crippen molar-refractivity contribution in [3.63, 3.8) is 0 Å². The molecule has 11 heteroatoms. The molecule has 4 aromatic carbocycles. The van der Waals surface area contributed by atoms with E-state index in [0.717, 1.165) is 21.9 Å². The van der Waals surface area contributed by atoms with Gasteiger partial charge in [-0.25, -0.2) is 9.78 Å². The molecular formula is C35H34N8O3. The fourth-order valence-electron chi connectivity index (χ4n) is 4.99. The second-order valence-corrected chi connectivity index (χ2v) is 11.6. The minimum absolute atomic E-state index is 0.198. The average molecular weight is 615 g/mol. The van der Waals surface area contributed by atoms with E-state index >= 15 is 0 Å². The molecule has 0 bridgehead atoms. The van der Waals surface area contributed by atoms with Gasteiger partial charge in [0, 0.05) is 29.6 Å². The van der Waals surface area contributed by atoms with Gasteiger partial charge in [-0.3, -0.25) is 4.57 Å². The van der Waals surface area contributed by atoms with Gasteiger partial charge in [0.15, 0.2) is 5.75 Å². The van der Waals surface area contributed by atoms with Gasteiger partial charge in [0.2, 0.25) is 11.8 Å². The number of carbonyl (C=O) groups excluding carboxylic acids is 1. The third-order valence-corrected chi connectivity index (χ3v) is 7.35. The molecule has 2 amide bonds. The van der Waals surface area contributed by atoms with Crippen LogP contribution in [0.3, 0.4) is 0 Å². The van der Waals surface area contributed by atoms with Gasteiger partial charge in [-0.2, -0.15) is 4.98 Å². The zero-order valence-electron chi connectivity index (χ0n) is 26.0. The standard InChI is InChI=1S/C35H34N8O3/c1-35(2,3)24-18-28(32(45-4)29(19-24)43-21-38-39-22-43)41-34(44)40-27-14-15-30(26-13-9-8-12-25(26)27)46-31-16-17-36-33(42-31)37-20-23-10-6-5-7-11-23/h5-19,21-22H,20H2,1-4H3,(H,36,37,42)(H2,40,41,44). The third-order valence-electron chi connectivity index (χ3n) is 7.35. The summed E-state index contributed by atoms with van der Waals surface area (Å²) < 4.78 is 13.7. The predicted molar refractivity (Wildman–Crippen MR) is 179 cm³/mol. The number of ether oxygens (including phenoxy) is 2. The Balaban J connectivity index is 1.23. The van der Waals surface area contributed by atoms with Crippen molar-refractivity contribution in [2.75, 3.05) is 23.1 Å². The van der Waals surface area contributed by atoms with Crippen LogP contribution in [0.25, 0.3) is 16.5 Å². The molecule has 3 N–H and O–H groups in total. The number of carbonyl (C=O) groups is 1. The number of nitrogens with one attached hydrogen (secondary N) is 3. The zero-order valence-corrected chi connectivity index (χ0v) is 26.0. The molecule has 0 fully saturated rings. The molecular weight excluding hydrogens is 580 g/mol. The molecule has 232 valence electrons. The first-order valence-corrected chi connectivity index (χ1v) is 14.7. The molecule has 0 aliphatic rings. The molecule has 0 saturated heterocycles. The summed E-state index contributed by atoms with van der Waals surface area (Å²) >= 11 is 0. The summed E-state index contributed by atoms with van der Waals surface area (Å²) in [5.41, 5.74) is 3.76. The van der Waals surface area contributed by atoms with Crippen LogP contribution in [-0.4, -0.2) is 37.9 Å². The number of anilines is 3. The fourth-order valence-corrected chi connectivity index (χ4v) is 4.99. The summed E-state index contributed by atoms with van der Waals surface area (Å²) in [5, 5.41) is 18.7. The van der Waals surface area contributed by atoms with E-state index in [4.69, 9.17) is 9.47 Å². The maximum absolute atomic E-state index is 13.5. The minimum Gasteiger partial charge on any atom is -0.492 e. The number of hydrogen-bond acceptors (Lipinski definition) is 8. The summed E-state index contributed by atoms with van der Waals surface area (Å²) in [5.74, 6) is 1.93. The zero-order chi connectivity index (χ0) is 32.1. The van der Waals surface area contributed by atoms with E-state index in [0.29, 0.717) is 46.9 Å². The van der Waals surface area contributed by atoms with Crippen LogP contribution in [0.1, 0.15) is 31.9 Å². The molecule has 6 aromatic rings. The molecule has 0 aliphatic heterocycles. The first-order valence-electron chi connectivity index (χ1n) is 14.7. The van der Waals surface area contributed by atoms with E-state index in [2.05, 4.69) is 56.9 Å². The van der Waals surface area contributed by atoms with Crippen molar-refractivity contribution >= 4 is 34.1 Å². The number of benzene rings is 4. The Bertz CT molecular complexity index is 1970. The van der Waals surface area contributed by atoms with Gasteiger partial charge in [-0.15, -0.1) is 10.2 Å². The van der Waals surface area contributed by atoms with Crippen LogP contribution in [0.2, 0.25) is 0 Å². The van der Waals surface area contributed by atoms with E-state index in [9.17, 15) is 4.79 Å². The second kappa shape index (κ2) is 12.9. The van der Waals surface area contributed by atoms with Gasteiger partial charge in [-0.1, -0.05) is 75.4 Å². The maximum Gasteiger partial charge on any atom is 0.323 e. The van der Waals surface area contributed by atoms with Crippen LogP contribution in [0.5, 0.6) is 17.4 Å². The first kappa shape index (κ1) is 30.1. The van der Waals surface area contributed by atoms with E-state index in [1.165, 1.54) is 0 Å². The third kappa shape index (κ3) is 6.73. The van der Waals surface area contributed by atoms with Gasteiger partial charge >= 0.3 is 6.03 Å². The van der Waals surface area contributed by atoms with Gasteiger partial charge in [0.1, 0.15) is 18.4 Å². The monoisotopic (exact) mass is 614 g/mol. The number of fused-ring (bicyclic) bond motifs is 1. The molecule has 0 atom stereocenters. The van der Waals surface area contributed by atoms with Crippen LogP contribution < -0.4 is 25.4 Å². The van der Waals surface area contributed by atoms with Crippen molar-refractivity contribution in [1.29, 1.82) is 0 Å². The maximum atomic E-state index is 13.5. The van der Waals surface area contributed by atoms with E-state index in [1.54, 1.807) is 42.7 Å². The number of aromatic nitrogens is 5. The highest BCUT2D eigenvalue weighted by atomic mass is 16.5. The number of urea groups is 1. The Morgan fingerprint density at radius 3 is 2.30 bits per heavy atom. The fraction of sp³-hybridized carbons (Fsp3) is 0.171. The summed E-state index contributed by atoms with van der Waals surface area (Å²) in [4.78, 5) is 22.3. The SMILES string of the molecule is COc1c(NC(=O)Nc2ccc(Oc3ccnc(NCc4ccccc4)n3)c3ccccc23)cc(C(C)(C)C)cc1-n1cnnc1. The average Bonchev–Trinajstić information content (AvgIpc) is 3.60.